The summed E-state index contributed by atoms with van der Waals surface area (Å²) >= 11 is 0. The first-order valence-corrected chi connectivity index (χ1v) is 3.34. The first-order valence-electron chi connectivity index (χ1n) is 3.34. The van der Waals surface area contributed by atoms with Crippen LogP contribution in [-0.4, -0.2) is 6.73 Å². The van der Waals surface area contributed by atoms with E-state index in [1.807, 2.05) is 12.1 Å². The predicted octanol–water partition coefficient (Wildman–Crippen LogP) is 1.76. The van der Waals surface area contributed by atoms with E-state index in [4.69, 9.17) is 4.74 Å². The molecule has 0 bridgehead atoms. The largest absolute Gasteiger partial charge is 0.471 e. The van der Waals surface area contributed by atoms with Gasteiger partial charge in [-0.25, -0.2) is 0 Å². The van der Waals surface area contributed by atoms with Crippen LogP contribution in [0.5, 0.6) is 5.75 Å². The van der Waals surface area contributed by atoms with Crippen molar-refractivity contribution in [3.63, 3.8) is 0 Å². The highest BCUT2D eigenvalue weighted by molar-refractivity contribution is 5.63. The maximum atomic E-state index is 5.27. The Kier molecular flexibility index (Phi) is 1.07. The second-order valence-corrected chi connectivity index (χ2v) is 2.41. The second-order valence-electron chi connectivity index (χ2n) is 2.41. The first-order chi connectivity index (χ1) is 4.88. The highest BCUT2D eigenvalue weighted by Crippen LogP contribution is 2.31. The van der Waals surface area contributed by atoms with Gasteiger partial charge in [-0.2, -0.15) is 0 Å². The number of benzene rings is 1. The molecule has 0 fully saturated rings. The molecule has 1 aliphatic rings. The van der Waals surface area contributed by atoms with Gasteiger partial charge in [0.1, 0.15) is 5.75 Å². The topological polar surface area (TPSA) is 21.3 Å². The normalized spacial score (nSPS) is 13.7. The van der Waals surface area contributed by atoms with Crippen LogP contribution in [0.4, 0.5) is 5.69 Å². The summed E-state index contributed by atoms with van der Waals surface area (Å²) in [6.45, 7) is 2.68. The highest BCUT2D eigenvalue weighted by Gasteiger charge is 2.10. The van der Waals surface area contributed by atoms with Gasteiger partial charge in [-0.15, -0.1) is 0 Å². The lowest BCUT2D eigenvalue weighted by molar-refractivity contribution is 0.372. The summed E-state index contributed by atoms with van der Waals surface area (Å²) in [6, 6.07) is 6.05. The fraction of sp³-hybridized carbons (Fsp3) is 0.250. The monoisotopic (exact) mass is 135 g/mol. The van der Waals surface area contributed by atoms with Gasteiger partial charge in [0.25, 0.3) is 0 Å². The number of anilines is 1. The number of hydrogen-bond donors (Lipinski definition) is 1. The van der Waals surface area contributed by atoms with Gasteiger partial charge in [0.05, 0.1) is 5.69 Å². The minimum absolute atomic E-state index is 0.611. The van der Waals surface area contributed by atoms with Gasteiger partial charge in [-0.05, 0) is 18.6 Å². The Bertz CT molecular complexity index is 257. The Labute approximate surface area is 59.8 Å². The first kappa shape index (κ1) is 5.59. The number of aryl methyl sites for hydroxylation is 1. The molecule has 2 rings (SSSR count). The molecule has 0 aliphatic carbocycles. The van der Waals surface area contributed by atoms with Crippen LogP contribution < -0.4 is 10.1 Å². The molecule has 1 aromatic carbocycles. The standard InChI is InChI=1S/C8H9NO/c1-6-3-2-4-7-8(6)9-5-10-7/h2-4,9H,5H2,1H3. The van der Waals surface area contributed by atoms with Crippen LogP contribution in [0.3, 0.4) is 0 Å². The third-order valence-corrected chi connectivity index (χ3v) is 1.71. The summed E-state index contributed by atoms with van der Waals surface area (Å²) in [4.78, 5) is 0. The van der Waals surface area contributed by atoms with Crippen molar-refractivity contribution in [2.45, 2.75) is 6.92 Å². The molecule has 0 amide bonds. The summed E-state index contributed by atoms with van der Waals surface area (Å²) < 4.78 is 5.27. The molecule has 0 spiro atoms. The lowest BCUT2D eigenvalue weighted by Crippen LogP contribution is -1.97. The Morgan fingerprint density at radius 1 is 1.50 bits per heavy atom. The summed E-state index contributed by atoms with van der Waals surface area (Å²) in [6.07, 6.45) is 0. The van der Waals surface area contributed by atoms with Crippen LogP contribution in [-0.2, 0) is 0 Å². The zero-order valence-corrected chi connectivity index (χ0v) is 5.85. The van der Waals surface area contributed by atoms with Crippen LogP contribution in [0, 0.1) is 6.92 Å². The summed E-state index contributed by atoms with van der Waals surface area (Å²) in [5, 5.41) is 3.15. The van der Waals surface area contributed by atoms with E-state index in [1.54, 1.807) is 0 Å². The molecule has 1 N–H and O–H groups in total. The van der Waals surface area contributed by atoms with Crippen molar-refractivity contribution in [2.24, 2.45) is 0 Å². The van der Waals surface area contributed by atoms with Crippen molar-refractivity contribution in [3.05, 3.63) is 23.8 Å². The van der Waals surface area contributed by atoms with E-state index in [2.05, 4.69) is 18.3 Å². The van der Waals surface area contributed by atoms with E-state index >= 15 is 0 Å². The SMILES string of the molecule is Cc1cccc2c1NCO2. The molecule has 1 heterocycles. The number of rotatable bonds is 0. The van der Waals surface area contributed by atoms with Crippen molar-refractivity contribution in [3.8, 4) is 5.75 Å². The van der Waals surface area contributed by atoms with E-state index in [9.17, 15) is 0 Å². The molecular weight excluding hydrogens is 126 g/mol. The quantitative estimate of drug-likeness (QED) is 0.585. The maximum absolute atomic E-state index is 5.27. The second kappa shape index (κ2) is 1.90. The average Bonchev–Trinajstić information content (AvgIpc) is 2.36. The molecule has 2 heteroatoms. The number of hydrogen-bond acceptors (Lipinski definition) is 2. The van der Waals surface area contributed by atoms with Crippen molar-refractivity contribution in [2.75, 3.05) is 12.0 Å². The van der Waals surface area contributed by atoms with Crippen molar-refractivity contribution < 1.29 is 4.74 Å². The number of para-hydroxylation sites is 1. The predicted molar refractivity (Wildman–Crippen MR) is 40.3 cm³/mol. The van der Waals surface area contributed by atoms with Gasteiger partial charge in [0.15, 0.2) is 6.73 Å². The zero-order valence-electron chi connectivity index (χ0n) is 5.85. The molecule has 0 saturated carbocycles. The van der Waals surface area contributed by atoms with E-state index in [0.717, 1.165) is 11.4 Å². The zero-order chi connectivity index (χ0) is 6.97. The third kappa shape index (κ3) is 0.652. The average molecular weight is 135 g/mol. The van der Waals surface area contributed by atoms with Gasteiger partial charge < -0.3 is 10.1 Å². The van der Waals surface area contributed by atoms with Gasteiger partial charge in [0, 0.05) is 0 Å². The lowest BCUT2D eigenvalue weighted by atomic mass is 10.2. The van der Waals surface area contributed by atoms with E-state index in [1.165, 1.54) is 5.56 Å². The van der Waals surface area contributed by atoms with Crippen molar-refractivity contribution in [1.29, 1.82) is 0 Å². The number of fused-ring (bicyclic) bond motifs is 1. The number of nitrogens with one attached hydrogen (secondary N) is 1. The fourth-order valence-electron chi connectivity index (χ4n) is 1.17. The number of ether oxygens (including phenoxy) is 1. The molecule has 0 saturated heterocycles. The van der Waals surface area contributed by atoms with Crippen LogP contribution >= 0.6 is 0 Å². The van der Waals surface area contributed by atoms with Crippen LogP contribution in [0.2, 0.25) is 0 Å². The Morgan fingerprint density at radius 3 is 3.20 bits per heavy atom. The molecule has 2 nitrogen and oxygen atoms in total. The Morgan fingerprint density at radius 2 is 2.40 bits per heavy atom. The highest BCUT2D eigenvalue weighted by atomic mass is 16.5. The van der Waals surface area contributed by atoms with Gasteiger partial charge in [-0.3, -0.25) is 0 Å². The summed E-state index contributed by atoms with van der Waals surface area (Å²) in [7, 11) is 0. The lowest BCUT2D eigenvalue weighted by Gasteiger charge is -1.98. The molecule has 0 atom stereocenters. The van der Waals surface area contributed by atoms with E-state index in [0.29, 0.717) is 6.73 Å². The Balaban J connectivity index is 2.59. The van der Waals surface area contributed by atoms with Crippen LogP contribution in [0.25, 0.3) is 0 Å². The van der Waals surface area contributed by atoms with Crippen LogP contribution in [0.1, 0.15) is 5.56 Å². The molecule has 1 aliphatic heterocycles. The van der Waals surface area contributed by atoms with Gasteiger partial charge >= 0.3 is 0 Å². The van der Waals surface area contributed by atoms with E-state index < -0.39 is 0 Å². The molecule has 52 valence electrons. The molecular formula is C8H9NO. The smallest absolute Gasteiger partial charge is 0.159 e. The molecule has 10 heavy (non-hydrogen) atoms. The summed E-state index contributed by atoms with van der Waals surface area (Å²) in [5.74, 6) is 0.972. The van der Waals surface area contributed by atoms with Crippen molar-refractivity contribution in [1.82, 2.24) is 0 Å². The molecule has 0 unspecified atom stereocenters. The minimum Gasteiger partial charge on any atom is -0.471 e. The Hall–Kier alpha value is -1.18. The minimum atomic E-state index is 0.611. The van der Waals surface area contributed by atoms with Gasteiger partial charge in [0.2, 0.25) is 0 Å². The van der Waals surface area contributed by atoms with Crippen LogP contribution in [0.15, 0.2) is 18.2 Å². The van der Waals surface area contributed by atoms with Gasteiger partial charge in [-0.1, -0.05) is 12.1 Å². The third-order valence-electron chi connectivity index (χ3n) is 1.71. The molecule has 1 aromatic rings. The molecule has 0 radical (unpaired) electrons. The molecule has 0 aromatic heterocycles. The van der Waals surface area contributed by atoms with E-state index in [-0.39, 0.29) is 0 Å². The fourth-order valence-corrected chi connectivity index (χ4v) is 1.17. The van der Waals surface area contributed by atoms with Crippen molar-refractivity contribution >= 4 is 5.69 Å². The summed E-state index contributed by atoms with van der Waals surface area (Å²) in [5.41, 5.74) is 2.39. The maximum Gasteiger partial charge on any atom is 0.159 e.